The van der Waals surface area contributed by atoms with Gasteiger partial charge in [-0.15, -0.1) is 0 Å². The van der Waals surface area contributed by atoms with E-state index in [0.717, 1.165) is 31.1 Å². The van der Waals surface area contributed by atoms with Crippen LogP contribution in [0.4, 0.5) is 10.5 Å². The van der Waals surface area contributed by atoms with E-state index in [-0.39, 0.29) is 18.6 Å². The Bertz CT molecular complexity index is 803. The number of hydrogen-bond acceptors (Lipinski definition) is 5. The van der Waals surface area contributed by atoms with Crippen molar-refractivity contribution < 1.29 is 19.4 Å². The van der Waals surface area contributed by atoms with Crippen molar-refractivity contribution in [3.8, 4) is 17.2 Å². The zero-order chi connectivity index (χ0) is 17.9. The minimum absolute atomic E-state index is 0.0716. The van der Waals surface area contributed by atoms with Crippen LogP contribution in [0.5, 0.6) is 17.2 Å². The van der Waals surface area contributed by atoms with Crippen LogP contribution in [0.2, 0.25) is 0 Å². The highest BCUT2D eigenvalue weighted by Gasteiger charge is 2.22. The van der Waals surface area contributed by atoms with Crippen molar-refractivity contribution in [3.05, 3.63) is 48.0 Å². The largest absolute Gasteiger partial charge is 0.506 e. The summed E-state index contributed by atoms with van der Waals surface area (Å²) < 4.78 is 10.8. The van der Waals surface area contributed by atoms with Gasteiger partial charge >= 0.3 is 6.03 Å². The van der Waals surface area contributed by atoms with Crippen LogP contribution in [-0.4, -0.2) is 53.9 Å². The quantitative estimate of drug-likeness (QED) is 0.828. The Morgan fingerprint density at radius 3 is 2.62 bits per heavy atom. The summed E-state index contributed by atoms with van der Waals surface area (Å²) >= 11 is 0. The molecule has 0 saturated carbocycles. The molecular formula is C19H21N3O4. The number of rotatable bonds is 3. The highest BCUT2D eigenvalue weighted by molar-refractivity contribution is 5.90. The second kappa shape index (κ2) is 7.13. The summed E-state index contributed by atoms with van der Waals surface area (Å²) in [5.41, 5.74) is 1.60. The molecule has 7 nitrogen and oxygen atoms in total. The molecule has 0 atom stereocenters. The summed E-state index contributed by atoms with van der Waals surface area (Å²) in [5.74, 6) is 1.66. The predicted octanol–water partition coefficient (Wildman–Crippen LogP) is 2.47. The van der Waals surface area contributed by atoms with Crippen molar-refractivity contribution in [2.75, 3.05) is 38.3 Å². The van der Waals surface area contributed by atoms with Crippen LogP contribution in [0.25, 0.3) is 0 Å². The Labute approximate surface area is 151 Å². The number of carbonyl (C=O) groups is 1. The molecule has 2 aliphatic heterocycles. The molecule has 2 amide bonds. The second-order valence-corrected chi connectivity index (χ2v) is 6.40. The van der Waals surface area contributed by atoms with Gasteiger partial charge < -0.3 is 24.8 Å². The topological polar surface area (TPSA) is 74.3 Å². The summed E-state index contributed by atoms with van der Waals surface area (Å²) in [6, 6.07) is 12.5. The van der Waals surface area contributed by atoms with Gasteiger partial charge in [0.25, 0.3) is 0 Å². The highest BCUT2D eigenvalue weighted by Crippen LogP contribution is 2.32. The molecule has 2 aliphatic rings. The van der Waals surface area contributed by atoms with Gasteiger partial charge in [-0.25, -0.2) is 4.79 Å². The van der Waals surface area contributed by atoms with E-state index in [1.165, 1.54) is 5.56 Å². The Balaban J connectivity index is 1.30. The van der Waals surface area contributed by atoms with Crippen molar-refractivity contribution in [3.63, 3.8) is 0 Å². The summed E-state index contributed by atoms with van der Waals surface area (Å²) in [7, 11) is 0. The van der Waals surface area contributed by atoms with Crippen LogP contribution >= 0.6 is 0 Å². The number of hydrogen-bond donors (Lipinski definition) is 2. The summed E-state index contributed by atoms with van der Waals surface area (Å²) in [6.45, 7) is 3.97. The molecule has 26 heavy (non-hydrogen) atoms. The lowest BCUT2D eigenvalue weighted by molar-refractivity contribution is 0.143. The SMILES string of the molecule is O=C(Nc1ccccc1O)N1CCN(Cc2ccc3c(c2)OCO3)CC1. The monoisotopic (exact) mass is 355 g/mol. The molecule has 2 heterocycles. The van der Waals surface area contributed by atoms with E-state index in [4.69, 9.17) is 9.47 Å². The number of nitrogens with one attached hydrogen (secondary N) is 1. The van der Waals surface area contributed by atoms with Crippen LogP contribution in [0.15, 0.2) is 42.5 Å². The van der Waals surface area contributed by atoms with Crippen molar-refractivity contribution in [2.45, 2.75) is 6.54 Å². The average Bonchev–Trinajstić information content (AvgIpc) is 3.12. The zero-order valence-electron chi connectivity index (χ0n) is 14.4. The maximum absolute atomic E-state index is 12.4. The van der Waals surface area contributed by atoms with Gasteiger partial charge in [0.2, 0.25) is 6.79 Å². The maximum atomic E-state index is 12.4. The lowest BCUT2D eigenvalue weighted by Crippen LogP contribution is -2.49. The number of anilines is 1. The van der Waals surface area contributed by atoms with E-state index >= 15 is 0 Å². The number of carbonyl (C=O) groups excluding carboxylic acids is 1. The van der Waals surface area contributed by atoms with Gasteiger partial charge in [-0.2, -0.15) is 0 Å². The summed E-state index contributed by atoms with van der Waals surface area (Å²) in [4.78, 5) is 16.4. The average molecular weight is 355 g/mol. The lowest BCUT2D eigenvalue weighted by Gasteiger charge is -2.34. The molecule has 0 aromatic heterocycles. The van der Waals surface area contributed by atoms with Gasteiger partial charge in [-0.3, -0.25) is 4.90 Å². The predicted molar refractivity (Wildman–Crippen MR) is 96.5 cm³/mol. The third-order valence-electron chi connectivity index (χ3n) is 4.65. The van der Waals surface area contributed by atoms with Crippen LogP contribution in [0.3, 0.4) is 0 Å². The molecule has 0 spiro atoms. The molecule has 136 valence electrons. The van der Waals surface area contributed by atoms with Crippen molar-refractivity contribution in [2.24, 2.45) is 0 Å². The molecule has 0 unspecified atom stereocenters. The number of piperazine rings is 1. The number of phenolic OH excluding ortho intramolecular Hbond substituents is 1. The smallest absolute Gasteiger partial charge is 0.322 e. The third-order valence-corrected chi connectivity index (χ3v) is 4.65. The van der Waals surface area contributed by atoms with E-state index in [0.29, 0.717) is 18.8 Å². The fraction of sp³-hybridized carbons (Fsp3) is 0.316. The van der Waals surface area contributed by atoms with E-state index < -0.39 is 0 Å². The van der Waals surface area contributed by atoms with Crippen LogP contribution < -0.4 is 14.8 Å². The Kier molecular flexibility index (Phi) is 4.53. The van der Waals surface area contributed by atoms with E-state index in [1.54, 1.807) is 29.2 Å². The number of phenols is 1. The highest BCUT2D eigenvalue weighted by atomic mass is 16.7. The van der Waals surface area contributed by atoms with Crippen LogP contribution in [-0.2, 0) is 6.54 Å². The minimum atomic E-state index is -0.186. The van der Waals surface area contributed by atoms with E-state index in [1.807, 2.05) is 18.2 Å². The summed E-state index contributed by atoms with van der Waals surface area (Å²) in [5, 5.41) is 12.5. The molecule has 2 aromatic carbocycles. The van der Waals surface area contributed by atoms with Gasteiger partial charge in [-0.05, 0) is 29.8 Å². The first-order chi connectivity index (χ1) is 12.7. The molecule has 0 aliphatic carbocycles. The number of urea groups is 1. The lowest BCUT2D eigenvalue weighted by atomic mass is 10.1. The van der Waals surface area contributed by atoms with Crippen LogP contribution in [0.1, 0.15) is 5.56 Å². The number of fused-ring (bicyclic) bond motifs is 1. The van der Waals surface area contributed by atoms with Gasteiger partial charge in [0.1, 0.15) is 5.75 Å². The van der Waals surface area contributed by atoms with Gasteiger partial charge in [0, 0.05) is 32.7 Å². The van der Waals surface area contributed by atoms with Crippen LogP contribution in [0, 0.1) is 0 Å². The Morgan fingerprint density at radius 2 is 1.81 bits per heavy atom. The van der Waals surface area contributed by atoms with Crippen molar-refractivity contribution >= 4 is 11.7 Å². The van der Waals surface area contributed by atoms with Gasteiger partial charge in [-0.1, -0.05) is 18.2 Å². The first kappa shape index (κ1) is 16.5. The Hall–Kier alpha value is -2.93. The molecule has 1 saturated heterocycles. The number of benzene rings is 2. The molecule has 0 radical (unpaired) electrons. The van der Waals surface area contributed by atoms with E-state index in [2.05, 4.69) is 10.2 Å². The molecule has 7 heteroatoms. The third kappa shape index (κ3) is 3.52. The van der Waals surface area contributed by atoms with Crippen molar-refractivity contribution in [1.29, 1.82) is 0 Å². The Morgan fingerprint density at radius 1 is 1.04 bits per heavy atom. The number of aromatic hydroxyl groups is 1. The zero-order valence-corrected chi connectivity index (χ0v) is 14.4. The number of amides is 2. The summed E-state index contributed by atoms with van der Waals surface area (Å²) in [6.07, 6.45) is 0. The first-order valence-electron chi connectivity index (χ1n) is 8.64. The van der Waals surface area contributed by atoms with Gasteiger partial charge in [0.05, 0.1) is 5.69 Å². The first-order valence-corrected chi connectivity index (χ1v) is 8.64. The molecule has 4 rings (SSSR count). The van der Waals surface area contributed by atoms with Gasteiger partial charge in [0.15, 0.2) is 11.5 Å². The second-order valence-electron chi connectivity index (χ2n) is 6.40. The molecule has 2 aromatic rings. The van der Waals surface area contributed by atoms with E-state index in [9.17, 15) is 9.90 Å². The minimum Gasteiger partial charge on any atom is -0.506 e. The molecule has 0 bridgehead atoms. The fourth-order valence-electron chi connectivity index (χ4n) is 3.18. The fourth-order valence-corrected chi connectivity index (χ4v) is 3.18. The maximum Gasteiger partial charge on any atom is 0.322 e. The normalized spacial score (nSPS) is 16.5. The number of nitrogens with zero attached hydrogens (tertiary/aromatic N) is 2. The molecule has 2 N–H and O–H groups in total. The molecule has 1 fully saturated rings. The van der Waals surface area contributed by atoms with Crippen molar-refractivity contribution in [1.82, 2.24) is 9.80 Å². The number of ether oxygens (including phenoxy) is 2. The number of para-hydroxylation sites is 2. The standard InChI is InChI=1S/C19H21N3O4/c23-16-4-2-1-3-15(16)20-19(24)22-9-7-21(8-10-22)12-14-5-6-17-18(11-14)26-13-25-17/h1-6,11,23H,7-10,12-13H2,(H,20,24). The molecular weight excluding hydrogens is 334 g/mol.